The Hall–Kier alpha value is -0.123. The Kier molecular flexibility index (Phi) is 5.45. The molecule has 0 radical (unpaired) electrons. The van der Waals surface area contributed by atoms with E-state index in [2.05, 4.69) is 6.07 Å². The van der Waals surface area contributed by atoms with Crippen molar-refractivity contribution in [3.63, 3.8) is 0 Å². The van der Waals surface area contributed by atoms with Gasteiger partial charge in [-0.15, -0.1) is 0 Å². The molecule has 1 aromatic rings. The number of allylic oxidation sites excluding steroid dienone is 1. The summed E-state index contributed by atoms with van der Waals surface area (Å²) in [7, 11) is 0. The van der Waals surface area contributed by atoms with Crippen molar-refractivity contribution in [2.24, 2.45) is 0 Å². The average Bonchev–Trinajstić information content (AvgIpc) is 2.05. The van der Waals surface area contributed by atoms with Gasteiger partial charge in [-0.05, 0) is 24.1 Å². The van der Waals surface area contributed by atoms with Crippen LogP contribution in [0.1, 0.15) is 6.99 Å². The molecule has 0 amide bonds. The molecule has 0 saturated heterocycles. The SMILES string of the molecule is C1=COc2ccccc2C1.[Fe].[H-].[Li+]. The smallest absolute Gasteiger partial charge is 1.00 e. The van der Waals surface area contributed by atoms with E-state index in [-0.39, 0.29) is 37.4 Å². The molecular weight excluding hydrogens is 187 g/mol. The zero-order valence-corrected chi connectivity index (χ0v) is 8.04. The largest absolute Gasteiger partial charge is 1.00 e. The minimum absolute atomic E-state index is 0. The van der Waals surface area contributed by atoms with E-state index in [0.29, 0.717) is 0 Å². The van der Waals surface area contributed by atoms with Gasteiger partial charge in [0.05, 0.1) is 6.26 Å². The fraction of sp³-hybridized carbons (Fsp3) is 0.111. The quantitative estimate of drug-likeness (QED) is 0.496. The van der Waals surface area contributed by atoms with Crippen LogP contribution in [0, 0.1) is 0 Å². The summed E-state index contributed by atoms with van der Waals surface area (Å²) in [6.45, 7) is 0. The van der Waals surface area contributed by atoms with Crippen LogP contribution in [0.4, 0.5) is 0 Å². The Bertz CT molecular complexity index is 251. The van der Waals surface area contributed by atoms with Gasteiger partial charge in [-0.25, -0.2) is 0 Å². The Balaban J connectivity index is 0. The molecule has 3 heteroatoms. The molecule has 0 bridgehead atoms. The first kappa shape index (κ1) is 11.9. The number of para-hydroxylation sites is 1. The van der Waals surface area contributed by atoms with Crippen LogP contribution in [0.5, 0.6) is 5.75 Å². The maximum atomic E-state index is 5.24. The Morgan fingerprint density at radius 3 is 2.75 bits per heavy atom. The summed E-state index contributed by atoms with van der Waals surface area (Å²) >= 11 is 0. The van der Waals surface area contributed by atoms with Crippen molar-refractivity contribution in [3.8, 4) is 5.75 Å². The summed E-state index contributed by atoms with van der Waals surface area (Å²) in [5.41, 5.74) is 1.27. The van der Waals surface area contributed by atoms with E-state index in [0.717, 1.165) is 12.2 Å². The topological polar surface area (TPSA) is 9.23 Å². The summed E-state index contributed by atoms with van der Waals surface area (Å²) in [5.74, 6) is 0.991. The van der Waals surface area contributed by atoms with Gasteiger partial charge in [-0.2, -0.15) is 0 Å². The number of benzene rings is 1. The zero-order valence-electron chi connectivity index (χ0n) is 7.93. The van der Waals surface area contributed by atoms with Gasteiger partial charge in [0.1, 0.15) is 5.75 Å². The normalized spacial score (nSPS) is 11.7. The van der Waals surface area contributed by atoms with Gasteiger partial charge in [0, 0.05) is 17.1 Å². The standard InChI is InChI=1S/C9H8O.Fe.Li.H/c1-2-6-9-8(4-1)5-3-7-10-9;;;/h1-4,6-7H,5H2;;;/q;;+1;-1. The summed E-state index contributed by atoms with van der Waals surface area (Å²) < 4.78 is 5.24. The van der Waals surface area contributed by atoms with E-state index in [4.69, 9.17) is 4.74 Å². The van der Waals surface area contributed by atoms with Crippen LogP contribution in [0.2, 0.25) is 0 Å². The molecule has 0 spiro atoms. The molecule has 0 unspecified atom stereocenters. The van der Waals surface area contributed by atoms with Crippen molar-refractivity contribution in [2.75, 3.05) is 0 Å². The second kappa shape index (κ2) is 5.51. The van der Waals surface area contributed by atoms with Crippen LogP contribution in [-0.2, 0) is 23.5 Å². The van der Waals surface area contributed by atoms with Crippen LogP contribution in [0.3, 0.4) is 0 Å². The molecule has 1 aromatic carbocycles. The molecule has 1 aliphatic heterocycles. The van der Waals surface area contributed by atoms with Crippen LogP contribution < -0.4 is 23.6 Å². The molecule has 2 rings (SSSR count). The number of hydrogen-bond donors (Lipinski definition) is 0. The first-order chi connectivity index (χ1) is 4.97. The zero-order chi connectivity index (χ0) is 6.81. The van der Waals surface area contributed by atoms with Crippen LogP contribution >= 0.6 is 0 Å². The fourth-order valence-corrected chi connectivity index (χ4v) is 1.08. The monoisotopic (exact) mass is 196 g/mol. The second-order valence-corrected chi connectivity index (χ2v) is 2.30. The third-order valence-corrected chi connectivity index (χ3v) is 1.60. The molecule has 1 aliphatic rings. The van der Waals surface area contributed by atoms with E-state index in [1.54, 1.807) is 6.26 Å². The molecular formula is C9H9FeLiO. The van der Waals surface area contributed by atoms with Crippen LogP contribution in [0.15, 0.2) is 36.6 Å². The van der Waals surface area contributed by atoms with Crippen molar-refractivity contribution in [1.29, 1.82) is 0 Å². The van der Waals surface area contributed by atoms with E-state index < -0.39 is 0 Å². The van der Waals surface area contributed by atoms with Crippen LogP contribution in [-0.4, -0.2) is 0 Å². The van der Waals surface area contributed by atoms with E-state index >= 15 is 0 Å². The number of rotatable bonds is 0. The average molecular weight is 196 g/mol. The number of hydrogen-bond acceptors (Lipinski definition) is 1. The Morgan fingerprint density at radius 1 is 1.25 bits per heavy atom. The Morgan fingerprint density at radius 2 is 2.00 bits per heavy atom. The molecule has 12 heavy (non-hydrogen) atoms. The molecule has 0 saturated carbocycles. The predicted molar refractivity (Wildman–Crippen MR) is 41.0 cm³/mol. The van der Waals surface area contributed by atoms with Crippen molar-refractivity contribution in [3.05, 3.63) is 42.2 Å². The Labute approximate surface area is 96.3 Å². The number of ether oxygens (including phenoxy) is 1. The molecule has 0 atom stereocenters. The van der Waals surface area contributed by atoms with E-state index in [9.17, 15) is 0 Å². The van der Waals surface area contributed by atoms with Crippen molar-refractivity contribution in [1.82, 2.24) is 0 Å². The first-order valence-corrected chi connectivity index (χ1v) is 3.36. The van der Waals surface area contributed by atoms with Gasteiger partial charge in [-0.3, -0.25) is 0 Å². The number of fused-ring (bicyclic) bond motifs is 1. The first-order valence-electron chi connectivity index (χ1n) is 3.36. The van der Waals surface area contributed by atoms with Gasteiger partial charge in [0.2, 0.25) is 0 Å². The summed E-state index contributed by atoms with van der Waals surface area (Å²) in [4.78, 5) is 0. The van der Waals surface area contributed by atoms with Crippen molar-refractivity contribution in [2.45, 2.75) is 6.42 Å². The molecule has 0 fully saturated rings. The van der Waals surface area contributed by atoms with Gasteiger partial charge in [0.25, 0.3) is 0 Å². The molecule has 60 valence electrons. The van der Waals surface area contributed by atoms with Crippen molar-refractivity contribution >= 4 is 0 Å². The molecule has 1 heterocycles. The van der Waals surface area contributed by atoms with Gasteiger partial charge >= 0.3 is 18.9 Å². The third-order valence-electron chi connectivity index (χ3n) is 1.60. The molecule has 0 N–H and O–H groups in total. The minimum atomic E-state index is 0. The van der Waals surface area contributed by atoms with Gasteiger partial charge in [-0.1, -0.05) is 18.2 Å². The fourth-order valence-electron chi connectivity index (χ4n) is 1.08. The van der Waals surface area contributed by atoms with E-state index in [1.807, 2.05) is 24.3 Å². The summed E-state index contributed by atoms with van der Waals surface area (Å²) in [5, 5.41) is 0. The minimum Gasteiger partial charge on any atom is -1.00 e. The third kappa shape index (κ3) is 2.44. The van der Waals surface area contributed by atoms with Gasteiger partial charge < -0.3 is 6.16 Å². The maximum Gasteiger partial charge on any atom is 1.00 e. The van der Waals surface area contributed by atoms with E-state index in [1.165, 1.54) is 5.56 Å². The molecule has 1 nitrogen and oxygen atoms in total. The predicted octanol–water partition coefficient (Wildman–Crippen LogP) is -0.751. The van der Waals surface area contributed by atoms with Gasteiger partial charge in [0.15, 0.2) is 0 Å². The molecule has 0 aromatic heterocycles. The van der Waals surface area contributed by atoms with Crippen LogP contribution in [0.25, 0.3) is 0 Å². The summed E-state index contributed by atoms with van der Waals surface area (Å²) in [6, 6.07) is 8.08. The maximum absolute atomic E-state index is 5.24. The van der Waals surface area contributed by atoms with Crippen molar-refractivity contribution < 1.29 is 42.1 Å². The molecule has 0 aliphatic carbocycles. The summed E-state index contributed by atoms with van der Waals surface area (Å²) in [6.07, 6.45) is 4.75. The second-order valence-electron chi connectivity index (χ2n) is 2.30.